The van der Waals surface area contributed by atoms with Gasteiger partial charge in [-0.05, 0) is 30.7 Å². The van der Waals surface area contributed by atoms with Gasteiger partial charge in [0.15, 0.2) is 5.65 Å². The molecule has 7 nitrogen and oxygen atoms in total. The number of hydrogen-bond acceptors (Lipinski definition) is 5. The molecule has 4 rings (SSSR count). The Morgan fingerprint density at radius 1 is 1.48 bits per heavy atom. The normalized spacial score (nSPS) is 17.4. The van der Waals surface area contributed by atoms with E-state index in [1.807, 2.05) is 0 Å². The van der Waals surface area contributed by atoms with E-state index in [9.17, 15) is 4.79 Å². The van der Waals surface area contributed by atoms with Crippen molar-refractivity contribution in [3.05, 3.63) is 22.6 Å². The van der Waals surface area contributed by atoms with Crippen LogP contribution in [0.5, 0.6) is 0 Å². The summed E-state index contributed by atoms with van der Waals surface area (Å²) in [6.45, 7) is 3.73. The first kappa shape index (κ1) is 16.4. The summed E-state index contributed by atoms with van der Waals surface area (Å²) in [6, 6.07) is 0. The second-order valence-corrected chi connectivity index (χ2v) is 8.16. The van der Waals surface area contributed by atoms with E-state index in [1.54, 1.807) is 22.2 Å². The van der Waals surface area contributed by atoms with Crippen molar-refractivity contribution in [1.82, 2.24) is 24.9 Å². The number of aryl methyl sites for hydroxylation is 1. The van der Waals surface area contributed by atoms with Gasteiger partial charge in [0.05, 0.1) is 32.6 Å². The van der Waals surface area contributed by atoms with E-state index in [-0.39, 0.29) is 11.7 Å². The zero-order valence-corrected chi connectivity index (χ0v) is 15.6. The Hall–Kier alpha value is -2.06. The molecule has 1 atom stereocenters. The van der Waals surface area contributed by atoms with Crippen LogP contribution in [0.3, 0.4) is 0 Å². The molecular formula is C17H23N6OS+. The summed E-state index contributed by atoms with van der Waals surface area (Å²) in [7, 11) is 4.11. The number of rotatable bonds is 4. The standard InChI is InChI=1S/C17H22N6OS/c1-10-5-4-6-11-12(10)13-15-20-14(16(24)18-7-8-22(2)3)21-23(15)9-19-17(13)25-11/h9-10H,4-8H2,1-3H3,(H,18,24)/p+1/t10-/m0/s1. The van der Waals surface area contributed by atoms with E-state index in [0.717, 1.165) is 28.8 Å². The fourth-order valence-corrected chi connectivity index (χ4v) is 4.78. The third-order valence-corrected chi connectivity index (χ3v) is 5.96. The summed E-state index contributed by atoms with van der Waals surface area (Å²) in [5.41, 5.74) is 2.11. The molecule has 0 saturated carbocycles. The monoisotopic (exact) mass is 359 g/mol. The Labute approximate surface area is 150 Å². The van der Waals surface area contributed by atoms with Crippen LogP contribution >= 0.6 is 11.3 Å². The number of quaternary nitrogens is 1. The molecule has 0 spiro atoms. The van der Waals surface area contributed by atoms with E-state index in [1.165, 1.54) is 28.2 Å². The fourth-order valence-electron chi connectivity index (χ4n) is 3.49. The number of carbonyl (C=O) groups is 1. The van der Waals surface area contributed by atoms with Crippen LogP contribution in [0.15, 0.2) is 6.33 Å². The maximum atomic E-state index is 12.3. The number of likely N-dealkylation sites (N-methyl/N-ethyl adjacent to an activating group) is 1. The molecule has 0 radical (unpaired) electrons. The van der Waals surface area contributed by atoms with Crippen molar-refractivity contribution in [2.24, 2.45) is 0 Å². The number of amides is 1. The van der Waals surface area contributed by atoms with E-state index in [0.29, 0.717) is 12.5 Å². The zero-order chi connectivity index (χ0) is 17.6. The minimum atomic E-state index is -0.227. The van der Waals surface area contributed by atoms with E-state index in [4.69, 9.17) is 0 Å². The van der Waals surface area contributed by atoms with Gasteiger partial charge in [-0.2, -0.15) is 0 Å². The van der Waals surface area contributed by atoms with Gasteiger partial charge in [0.2, 0.25) is 5.82 Å². The van der Waals surface area contributed by atoms with Crippen molar-refractivity contribution in [3.8, 4) is 0 Å². The van der Waals surface area contributed by atoms with Crippen LogP contribution in [0.1, 0.15) is 46.7 Å². The largest absolute Gasteiger partial charge is 0.344 e. The second-order valence-electron chi connectivity index (χ2n) is 7.07. The molecule has 8 heteroatoms. The number of carbonyl (C=O) groups excluding carboxylic acids is 1. The molecule has 1 aliphatic carbocycles. The van der Waals surface area contributed by atoms with E-state index < -0.39 is 0 Å². The number of fused-ring (bicyclic) bond motifs is 5. The van der Waals surface area contributed by atoms with Crippen molar-refractivity contribution in [2.45, 2.75) is 32.1 Å². The van der Waals surface area contributed by atoms with E-state index >= 15 is 0 Å². The molecule has 3 aromatic heterocycles. The molecule has 1 amide bonds. The summed E-state index contributed by atoms with van der Waals surface area (Å²) >= 11 is 1.76. The van der Waals surface area contributed by atoms with Crippen LogP contribution in [-0.4, -0.2) is 52.7 Å². The van der Waals surface area contributed by atoms with Crippen LogP contribution in [0.25, 0.3) is 15.9 Å². The molecule has 0 bridgehead atoms. The molecular weight excluding hydrogens is 336 g/mol. The Kier molecular flexibility index (Phi) is 4.16. The van der Waals surface area contributed by atoms with Gasteiger partial charge in [0, 0.05) is 4.88 Å². The van der Waals surface area contributed by atoms with Crippen molar-refractivity contribution >= 4 is 33.1 Å². The van der Waals surface area contributed by atoms with Gasteiger partial charge in [-0.15, -0.1) is 16.4 Å². The van der Waals surface area contributed by atoms with Crippen molar-refractivity contribution in [1.29, 1.82) is 0 Å². The quantitative estimate of drug-likeness (QED) is 0.717. The Morgan fingerprint density at radius 3 is 3.12 bits per heavy atom. The first-order valence-electron chi connectivity index (χ1n) is 8.78. The molecule has 132 valence electrons. The lowest BCUT2D eigenvalue weighted by molar-refractivity contribution is -0.856. The van der Waals surface area contributed by atoms with Gasteiger partial charge < -0.3 is 10.2 Å². The van der Waals surface area contributed by atoms with Crippen LogP contribution in [-0.2, 0) is 6.42 Å². The predicted molar refractivity (Wildman–Crippen MR) is 97.5 cm³/mol. The van der Waals surface area contributed by atoms with Gasteiger partial charge >= 0.3 is 0 Å². The topological polar surface area (TPSA) is 76.6 Å². The van der Waals surface area contributed by atoms with Crippen molar-refractivity contribution in [3.63, 3.8) is 0 Å². The lowest BCUT2D eigenvalue weighted by Gasteiger charge is -2.18. The third-order valence-electron chi connectivity index (χ3n) is 4.79. The van der Waals surface area contributed by atoms with Gasteiger partial charge in [0.1, 0.15) is 11.2 Å². The van der Waals surface area contributed by atoms with Crippen LogP contribution in [0, 0.1) is 0 Å². The first-order valence-corrected chi connectivity index (χ1v) is 9.60. The molecule has 0 saturated heterocycles. The summed E-state index contributed by atoms with van der Waals surface area (Å²) in [4.78, 5) is 25.2. The molecule has 25 heavy (non-hydrogen) atoms. The lowest BCUT2D eigenvalue weighted by atomic mass is 9.87. The highest BCUT2D eigenvalue weighted by molar-refractivity contribution is 7.19. The van der Waals surface area contributed by atoms with Gasteiger partial charge in [-0.25, -0.2) is 14.5 Å². The molecule has 3 heterocycles. The average molecular weight is 359 g/mol. The lowest BCUT2D eigenvalue weighted by Crippen LogP contribution is -3.06. The Balaban J connectivity index is 1.74. The summed E-state index contributed by atoms with van der Waals surface area (Å²) < 4.78 is 1.64. The van der Waals surface area contributed by atoms with Crippen LogP contribution < -0.4 is 10.2 Å². The van der Waals surface area contributed by atoms with E-state index in [2.05, 4.69) is 41.4 Å². The number of nitrogens with one attached hydrogen (secondary N) is 2. The summed E-state index contributed by atoms with van der Waals surface area (Å²) in [6.07, 6.45) is 5.19. The molecule has 2 N–H and O–H groups in total. The maximum Gasteiger partial charge on any atom is 0.291 e. The first-order chi connectivity index (χ1) is 12.0. The molecule has 3 aromatic rings. The minimum Gasteiger partial charge on any atom is -0.344 e. The summed E-state index contributed by atoms with van der Waals surface area (Å²) in [5, 5.41) is 8.31. The summed E-state index contributed by atoms with van der Waals surface area (Å²) in [5.74, 6) is 0.490. The van der Waals surface area contributed by atoms with Crippen LogP contribution in [0.2, 0.25) is 0 Å². The fraction of sp³-hybridized carbons (Fsp3) is 0.529. The average Bonchev–Trinajstić information content (AvgIpc) is 3.15. The molecule has 1 aliphatic rings. The van der Waals surface area contributed by atoms with Gasteiger partial charge in [-0.3, -0.25) is 4.79 Å². The second kappa shape index (κ2) is 6.34. The molecule has 0 aromatic carbocycles. The molecule has 0 fully saturated rings. The zero-order valence-electron chi connectivity index (χ0n) is 14.8. The molecule has 0 unspecified atom stereocenters. The number of nitrogens with zero attached hydrogens (tertiary/aromatic N) is 4. The maximum absolute atomic E-state index is 12.3. The predicted octanol–water partition coefficient (Wildman–Crippen LogP) is 0.653. The Bertz CT molecular complexity index is 944. The highest BCUT2D eigenvalue weighted by Gasteiger charge is 2.25. The SMILES string of the molecule is C[C@H]1CCCc2sc3ncn4nc(C(=O)NCC[NH+](C)C)nc4c3c21. The van der Waals surface area contributed by atoms with Gasteiger partial charge in [-0.1, -0.05) is 6.92 Å². The third kappa shape index (κ3) is 2.89. The van der Waals surface area contributed by atoms with Crippen LogP contribution in [0.4, 0.5) is 0 Å². The molecule has 0 aliphatic heterocycles. The number of hydrogen-bond donors (Lipinski definition) is 2. The highest BCUT2D eigenvalue weighted by Crippen LogP contribution is 2.42. The smallest absolute Gasteiger partial charge is 0.291 e. The minimum absolute atomic E-state index is 0.214. The number of aromatic nitrogens is 4. The van der Waals surface area contributed by atoms with Crippen molar-refractivity contribution < 1.29 is 9.69 Å². The number of thiophene rings is 1. The highest BCUT2D eigenvalue weighted by atomic mass is 32.1. The Morgan fingerprint density at radius 2 is 2.32 bits per heavy atom. The van der Waals surface area contributed by atoms with Gasteiger partial charge in [0.25, 0.3) is 5.91 Å². The van der Waals surface area contributed by atoms with Crippen molar-refractivity contribution in [2.75, 3.05) is 27.2 Å².